The van der Waals surface area contributed by atoms with Gasteiger partial charge in [-0.05, 0) is 38.1 Å². The van der Waals surface area contributed by atoms with Crippen LogP contribution in [0.2, 0.25) is 0 Å². The second kappa shape index (κ2) is 9.52. The number of hydrogen-bond acceptors (Lipinski definition) is 4. The molecule has 1 fully saturated rings. The van der Waals surface area contributed by atoms with Gasteiger partial charge in [-0.3, -0.25) is 4.90 Å². The number of carbonyl (C=O) groups excluding carboxylic acids is 1. The van der Waals surface area contributed by atoms with E-state index in [1.165, 1.54) is 7.11 Å². The van der Waals surface area contributed by atoms with Gasteiger partial charge in [-0.1, -0.05) is 35.4 Å². The van der Waals surface area contributed by atoms with Crippen molar-refractivity contribution in [3.63, 3.8) is 0 Å². The summed E-state index contributed by atoms with van der Waals surface area (Å²) in [5.74, 6) is -0.301. The molecule has 7 heteroatoms. The Kier molecular flexibility index (Phi) is 7.05. The molecule has 1 saturated heterocycles. The van der Waals surface area contributed by atoms with Crippen molar-refractivity contribution in [2.45, 2.75) is 18.7 Å². The molecule has 0 radical (unpaired) electrons. The monoisotopic (exact) mass is 417 g/mol. The van der Waals surface area contributed by atoms with Gasteiger partial charge in [0.15, 0.2) is 0 Å². The molecular weight excluding hydrogens is 388 g/mol. The van der Waals surface area contributed by atoms with E-state index in [0.29, 0.717) is 36.7 Å². The molecule has 6 nitrogen and oxygen atoms in total. The Balaban J connectivity index is 1.50. The van der Waals surface area contributed by atoms with Crippen LogP contribution in [0.25, 0.3) is 0 Å². The van der Waals surface area contributed by atoms with Crippen molar-refractivity contribution in [1.82, 2.24) is 9.21 Å². The molecule has 0 aliphatic carbocycles. The molecule has 1 heterocycles. The number of rotatable bonds is 6. The fourth-order valence-electron chi connectivity index (χ4n) is 3.29. The lowest BCUT2D eigenvalue weighted by Gasteiger charge is -2.32. The highest BCUT2D eigenvalue weighted by Gasteiger charge is 2.34. The molecule has 1 unspecified atom stereocenters. The van der Waals surface area contributed by atoms with Gasteiger partial charge in [0.2, 0.25) is 0 Å². The average Bonchev–Trinajstić information content (AvgIpc) is 2.74. The van der Waals surface area contributed by atoms with Crippen LogP contribution in [0.15, 0.2) is 53.4 Å². The van der Waals surface area contributed by atoms with E-state index in [1.807, 2.05) is 54.6 Å². The van der Waals surface area contributed by atoms with Crippen molar-refractivity contribution in [3.8, 4) is 0 Å². The Bertz CT molecular complexity index is 940. The molecule has 0 N–H and O–H groups in total. The Morgan fingerprint density at radius 3 is 2.07 bits per heavy atom. The van der Waals surface area contributed by atoms with Crippen LogP contribution in [0.3, 0.4) is 0 Å². The van der Waals surface area contributed by atoms with Crippen molar-refractivity contribution in [2.75, 3.05) is 46.4 Å². The molecular formula is C22H29N2O4S+. The van der Waals surface area contributed by atoms with E-state index >= 15 is 0 Å². The Labute approximate surface area is 173 Å². The number of ether oxygens (including phenoxy) is 1. The van der Waals surface area contributed by atoms with Crippen LogP contribution < -0.4 is 0 Å². The molecule has 3 rings (SSSR count). The summed E-state index contributed by atoms with van der Waals surface area (Å²) in [5, 5.41) is 0. The van der Waals surface area contributed by atoms with Crippen molar-refractivity contribution >= 4 is 16.0 Å². The maximum atomic E-state index is 13.4. The van der Waals surface area contributed by atoms with Crippen molar-refractivity contribution in [3.05, 3.63) is 65.2 Å². The zero-order valence-electron chi connectivity index (χ0n) is 17.3. The average molecular weight is 418 g/mol. The van der Waals surface area contributed by atoms with Crippen LogP contribution in [0, 0.1) is 13.8 Å². The van der Waals surface area contributed by atoms with Crippen LogP contribution in [0.4, 0.5) is 0 Å². The Morgan fingerprint density at radius 1 is 0.966 bits per heavy atom. The fraction of sp³-hybridized carbons (Fsp3) is 0.409. The fourth-order valence-corrected chi connectivity index (χ4v) is 5.12. The highest BCUT2D eigenvalue weighted by atomic mass is 32.2. The van der Waals surface area contributed by atoms with Gasteiger partial charge in [0.1, 0.15) is 11.5 Å². The maximum Gasteiger partial charge on any atom is 0.378 e. The van der Waals surface area contributed by atoms with Crippen LogP contribution >= 0.6 is 0 Å². The van der Waals surface area contributed by atoms with Gasteiger partial charge in [0, 0.05) is 32.7 Å². The van der Waals surface area contributed by atoms with E-state index in [1.54, 1.807) is 12.1 Å². The molecule has 0 spiro atoms. The highest BCUT2D eigenvalue weighted by Crippen LogP contribution is 2.19. The van der Waals surface area contributed by atoms with Gasteiger partial charge in [0.05, 0.1) is 5.56 Å². The zero-order chi connectivity index (χ0) is 20.9. The quantitative estimate of drug-likeness (QED) is 0.536. The van der Waals surface area contributed by atoms with Crippen LogP contribution in [0.5, 0.6) is 0 Å². The summed E-state index contributed by atoms with van der Waals surface area (Å²) in [6.45, 7) is 7.73. The number of piperazine rings is 1. The molecule has 0 bridgehead atoms. The third-order valence-electron chi connectivity index (χ3n) is 5.14. The van der Waals surface area contributed by atoms with Gasteiger partial charge >= 0.3 is 16.0 Å². The molecule has 2 aromatic rings. The first-order valence-electron chi connectivity index (χ1n) is 9.80. The molecule has 1 aliphatic rings. The molecule has 0 saturated carbocycles. The summed E-state index contributed by atoms with van der Waals surface area (Å²) in [7, 11) is -1.20. The Hall–Kier alpha value is -2.22. The molecule has 29 heavy (non-hydrogen) atoms. The molecule has 0 amide bonds. The first kappa shape index (κ1) is 21.5. The van der Waals surface area contributed by atoms with Gasteiger partial charge in [-0.25, -0.2) is 4.79 Å². The minimum absolute atomic E-state index is 0.301. The number of nitrogens with zero attached hydrogens (tertiary/aromatic N) is 2. The van der Waals surface area contributed by atoms with E-state index in [-0.39, 0.29) is 5.97 Å². The van der Waals surface area contributed by atoms with Gasteiger partial charge < -0.3 is 4.74 Å². The summed E-state index contributed by atoms with van der Waals surface area (Å²) in [6.07, 6.45) is 0. The molecule has 1 atom stereocenters. The predicted octanol–water partition coefficient (Wildman–Crippen LogP) is 2.85. The third-order valence-corrected chi connectivity index (χ3v) is 7.51. The van der Waals surface area contributed by atoms with Gasteiger partial charge in [0.25, 0.3) is 7.11 Å². The number of aryl methyl sites for hydroxylation is 2. The van der Waals surface area contributed by atoms with E-state index < -0.39 is 10.0 Å². The number of esters is 1. The number of hydrogen-bond donors (Lipinski definition) is 0. The lowest BCUT2D eigenvalue weighted by atomic mass is 10.1. The summed E-state index contributed by atoms with van der Waals surface area (Å²) in [5.41, 5.74) is 2.80. The molecule has 2 aromatic carbocycles. The zero-order valence-corrected chi connectivity index (χ0v) is 18.1. The lowest BCUT2D eigenvalue weighted by molar-refractivity contribution is 0.0443. The van der Waals surface area contributed by atoms with Crippen molar-refractivity contribution in [2.24, 2.45) is 0 Å². The maximum absolute atomic E-state index is 13.4. The van der Waals surface area contributed by atoms with Crippen LogP contribution in [0.1, 0.15) is 21.5 Å². The summed E-state index contributed by atoms with van der Waals surface area (Å²) in [6, 6.07) is 15.0. The normalized spacial score (nSPS) is 17.5. The predicted molar refractivity (Wildman–Crippen MR) is 114 cm³/mol. The lowest BCUT2D eigenvalue weighted by Crippen LogP contribution is -2.49. The van der Waals surface area contributed by atoms with Crippen molar-refractivity contribution < 1.29 is 17.6 Å². The minimum atomic E-state index is -2.70. The summed E-state index contributed by atoms with van der Waals surface area (Å²) < 4.78 is 26.2. The SMILES string of the molecule is C[O+]=S(=O)(c1ccc(C)cc1)N1CCN(CCOC(=O)c2ccc(C)cc2)CC1. The van der Waals surface area contributed by atoms with Crippen LogP contribution in [-0.2, 0) is 18.6 Å². The van der Waals surface area contributed by atoms with E-state index in [2.05, 4.69) is 4.90 Å². The smallest absolute Gasteiger partial charge is 0.378 e. The van der Waals surface area contributed by atoms with Gasteiger partial charge in [-0.2, -0.15) is 12.4 Å². The first-order chi connectivity index (χ1) is 13.9. The van der Waals surface area contributed by atoms with Crippen LogP contribution in [-0.4, -0.2) is 65.8 Å². The number of benzene rings is 2. The Morgan fingerprint density at radius 2 is 1.52 bits per heavy atom. The third kappa shape index (κ3) is 5.23. The second-order valence-electron chi connectivity index (χ2n) is 7.23. The second-order valence-corrected chi connectivity index (χ2v) is 9.50. The summed E-state index contributed by atoms with van der Waals surface area (Å²) in [4.78, 5) is 15.0. The van der Waals surface area contributed by atoms with E-state index in [9.17, 15) is 9.00 Å². The van der Waals surface area contributed by atoms with E-state index in [4.69, 9.17) is 8.58 Å². The first-order valence-corrected chi connectivity index (χ1v) is 11.2. The van der Waals surface area contributed by atoms with Crippen molar-refractivity contribution in [1.29, 1.82) is 0 Å². The summed E-state index contributed by atoms with van der Waals surface area (Å²) >= 11 is 0. The number of carbonyl (C=O) groups is 1. The van der Waals surface area contributed by atoms with Gasteiger partial charge in [-0.15, -0.1) is 0 Å². The minimum Gasteiger partial charge on any atom is -0.461 e. The van der Waals surface area contributed by atoms with E-state index in [0.717, 1.165) is 24.2 Å². The highest BCUT2D eigenvalue weighted by molar-refractivity contribution is 7.89. The largest absolute Gasteiger partial charge is 0.461 e. The molecule has 156 valence electrons. The topological polar surface area (TPSA) is 61.1 Å². The molecule has 1 aliphatic heterocycles. The molecule has 0 aromatic heterocycles. The standard InChI is InChI=1S/C22H29N2O4S/c1-18-4-8-20(9-5-18)22(25)28-17-16-23-12-14-24(15-13-23)29(26,27-3)21-10-6-19(2)7-11-21/h4-11H,12-17H2,1-3H3/q+1.